The summed E-state index contributed by atoms with van der Waals surface area (Å²) in [5, 5.41) is 6.43. The molecule has 5 nitrogen and oxygen atoms in total. The van der Waals surface area contributed by atoms with Crippen LogP contribution >= 0.6 is 23.3 Å². The van der Waals surface area contributed by atoms with E-state index in [1.165, 1.54) is 0 Å². The van der Waals surface area contributed by atoms with Gasteiger partial charge in [0.1, 0.15) is 11.0 Å². The predicted octanol–water partition coefficient (Wildman–Crippen LogP) is 2.67. The van der Waals surface area contributed by atoms with Crippen LogP contribution in [0.15, 0.2) is 12.1 Å². The van der Waals surface area contributed by atoms with Crippen molar-refractivity contribution in [2.75, 3.05) is 11.9 Å². The van der Waals surface area contributed by atoms with E-state index in [1.54, 1.807) is 6.07 Å². The number of amides is 1. The summed E-state index contributed by atoms with van der Waals surface area (Å²) >= 11 is 7.24. The summed E-state index contributed by atoms with van der Waals surface area (Å²) in [4.78, 5) is 11.8. The average molecular weight is 299 g/mol. The van der Waals surface area contributed by atoms with Crippen LogP contribution in [0.4, 0.5) is 5.69 Å². The Morgan fingerprint density at radius 2 is 2.11 bits per heavy atom. The number of carbonyl (C=O) groups is 1. The van der Waals surface area contributed by atoms with E-state index in [1.807, 2.05) is 26.8 Å². The van der Waals surface area contributed by atoms with Gasteiger partial charge in [0.05, 0.1) is 29.0 Å². The molecule has 102 valence electrons. The number of carbonyl (C=O) groups excluding carboxylic acids is 1. The average Bonchev–Trinajstić information content (AvgIpc) is 2.73. The quantitative estimate of drug-likeness (QED) is 0.914. The van der Waals surface area contributed by atoms with Gasteiger partial charge in [-0.15, -0.1) is 0 Å². The zero-order valence-corrected chi connectivity index (χ0v) is 12.5. The Morgan fingerprint density at radius 3 is 2.79 bits per heavy atom. The van der Waals surface area contributed by atoms with E-state index in [0.29, 0.717) is 16.2 Å². The smallest absolute Gasteiger partial charge is 0.239 e. The fraction of sp³-hybridized carbons (Fsp3) is 0.417. The van der Waals surface area contributed by atoms with E-state index >= 15 is 0 Å². The first-order chi connectivity index (χ1) is 8.87. The van der Waals surface area contributed by atoms with Gasteiger partial charge in [0.25, 0.3) is 0 Å². The summed E-state index contributed by atoms with van der Waals surface area (Å²) < 4.78 is 8.32. The third-order valence-corrected chi connectivity index (χ3v) is 3.17. The van der Waals surface area contributed by atoms with Crippen LogP contribution in [-0.2, 0) is 4.79 Å². The highest BCUT2D eigenvalue weighted by Gasteiger charge is 2.15. The topological polar surface area (TPSA) is 66.9 Å². The van der Waals surface area contributed by atoms with Gasteiger partial charge in [-0.1, -0.05) is 11.6 Å². The van der Waals surface area contributed by atoms with Gasteiger partial charge in [-0.2, -0.15) is 8.75 Å². The van der Waals surface area contributed by atoms with Gasteiger partial charge in [0, 0.05) is 5.54 Å². The molecule has 1 aromatic heterocycles. The van der Waals surface area contributed by atoms with Crippen LogP contribution in [-0.4, -0.2) is 26.7 Å². The summed E-state index contributed by atoms with van der Waals surface area (Å²) in [6.07, 6.45) is 0. The Morgan fingerprint density at radius 1 is 1.37 bits per heavy atom. The highest BCUT2D eigenvalue weighted by atomic mass is 35.5. The highest BCUT2D eigenvalue weighted by Crippen LogP contribution is 2.29. The lowest BCUT2D eigenvalue weighted by atomic mass is 10.1. The van der Waals surface area contributed by atoms with Gasteiger partial charge in [0.2, 0.25) is 5.91 Å². The number of benzene rings is 1. The molecule has 1 aromatic carbocycles. The van der Waals surface area contributed by atoms with Gasteiger partial charge in [-0.25, -0.2) is 0 Å². The van der Waals surface area contributed by atoms with Gasteiger partial charge in [-0.3, -0.25) is 4.79 Å². The second-order valence-corrected chi connectivity index (χ2v) is 6.14. The molecule has 0 fully saturated rings. The van der Waals surface area contributed by atoms with Crippen molar-refractivity contribution >= 4 is 46.0 Å². The van der Waals surface area contributed by atoms with Crippen molar-refractivity contribution in [3.63, 3.8) is 0 Å². The van der Waals surface area contributed by atoms with E-state index in [9.17, 15) is 4.79 Å². The number of hydrogen-bond acceptors (Lipinski definition) is 5. The number of nitrogens with zero attached hydrogens (tertiary/aromatic N) is 2. The lowest BCUT2D eigenvalue weighted by Crippen LogP contribution is -2.43. The molecule has 0 radical (unpaired) electrons. The summed E-state index contributed by atoms with van der Waals surface area (Å²) in [7, 11) is 0. The van der Waals surface area contributed by atoms with Crippen LogP contribution in [0.25, 0.3) is 11.0 Å². The maximum Gasteiger partial charge on any atom is 0.239 e. The molecule has 0 saturated carbocycles. The largest absolute Gasteiger partial charge is 0.373 e. The SMILES string of the molecule is CC(C)(C)NC(=O)CNc1c(Cl)ccc2nsnc12. The molecular weight excluding hydrogens is 284 g/mol. The third kappa shape index (κ3) is 3.54. The fourth-order valence-corrected chi connectivity index (χ4v) is 2.39. The number of aromatic nitrogens is 2. The van der Waals surface area contributed by atoms with Crippen LogP contribution in [0, 0.1) is 0 Å². The second kappa shape index (κ2) is 5.30. The first kappa shape index (κ1) is 14.0. The molecule has 0 aliphatic rings. The van der Waals surface area contributed by atoms with Crippen molar-refractivity contribution in [3.8, 4) is 0 Å². The number of halogens is 1. The van der Waals surface area contributed by atoms with E-state index in [4.69, 9.17) is 11.6 Å². The molecule has 19 heavy (non-hydrogen) atoms. The molecular formula is C12H15ClN4OS. The number of nitrogens with one attached hydrogen (secondary N) is 2. The normalized spacial score (nSPS) is 11.6. The highest BCUT2D eigenvalue weighted by molar-refractivity contribution is 7.00. The summed E-state index contributed by atoms with van der Waals surface area (Å²) in [6, 6.07) is 3.55. The molecule has 0 unspecified atom stereocenters. The molecule has 7 heteroatoms. The van der Waals surface area contributed by atoms with Crippen molar-refractivity contribution < 1.29 is 4.79 Å². The van der Waals surface area contributed by atoms with Crippen LogP contribution in [0.3, 0.4) is 0 Å². The van der Waals surface area contributed by atoms with Crippen molar-refractivity contribution in [2.24, 2.45) is 0 Å². The van der Waals surface area contributed by atoms with E-state index in [-0.39, 0.29) is 18.0 Å². The monoisotopic (exact) mass is 298 g/mol. The fourth-order valence-electron chi connectivity index (χ4n) is 1.63. The first-order valence-corrected chi connectivity index (χ1v) is 6.93. The minimum atomic E-state index is -0.253. The maximum atomic E-state index is 11.8. The van der Waals surface area contributed by atoms with Crippen molar-refractivity contribution in [2.45, 2.75) is 26.3 Å². The Hall–Kier alpha value is -1.40. The maximum absolute atomic E-state index is 11.8. The van der Waals surface area contributed by atoms with Crippen molar-refractivity contribution in [3.05, 3.63) is 17.2 Å². The lowest BCUT2D eigenvalue weighted by molar-refractivity contribution is -0.120. The summed E-state index contributed by atoms with van der Waals surface area (Å²) in [6.45, 7) is 5.95. The molecule has 0 bridgehead atoms. The minimum absolute atomic E-state index is 0.0937. The molecule has 1 amide bonds. The van der Waals surface area contributed by atoms with Crippen LogP contribution < -0.4 is 10.6 Å². The number of rotatable bonds is 3. The molecule has 2 aromatic rings. The van der Waals surface area contributed by atoms with Gasteiger partial charge < -0.3 is 10.6 Å². The Labute approximate surface area is 120 Å². The van der Waals surface area contributed by atoms with Gasteiger partial charge >= 0.3 is 0 Å². The lowest BCUT2D eigenvalue weighted by Gasteiger charge is -2.20. The first-order valence-electron chi connectivity index (χ1n) is 5.82. The van der Waals surface area contributed by atoms with Gasteiger partial charge in [-0.05, 0) is 32.9 Å². The second-order valence-electron chi connectivity index (χ2n) is 5.21. The molecule has 0 saturated heterocycles. The summed E-state index contributed by atoms with van der Waals surface area (Å²) in [5.74, 6) is -0.0937. The number of hydrogen-bond donors (Lipinski definition) is 2. The third-order valence-electron chi connectivity index (χ3n) is 2.32. The van der Waals surface area contributed by atoms with Crippen molar-refractivity contribution in [1.29, 1.82) is 0 Å². The molecule has 2 rings (SSSR count). The Kier molecular flexibility index (Phi) is 3.91. The molecule has 0 aliphatic heterocycles. The zero-order chi connectivity index (χ0) is 14.0. The number of anilines is 1. The standard InChI is InChI=1S/C12H15ClN4OS/c1-12(2,3)15-9(18)6-14-10-7(13)4-5-8-11(10)17-19-16-8/h4-5,14H,6H2,1-3H3,(H,15,18). The van der Waals surface area contributed by atoms with Crippen LogP contribution in [0.2, 0.25) is 5.02 Å². The number of fused-ring (bicyclic) bond motifs is 1. The Bertz CT molecular complexity index is 605. The van der Waals surface area contributed by atoms with Gasteiger partial charge in [0.15, 0.2) is 0 Å². The zero-order valence-electron chi connectivity index (χ0n) is 11.0. The van der Waals surface area contributed by atoms with Crippen LogP contribution in [0.1, 0.15) is 20.8 Å². The van der Waals surface area contributed by atoms with Crippen LogP contribution in [0.5, 0.6) is 0 Å². The van der Waals surface area contributed by atoms with E-state index in [2.05, 4.69) is 19.4 Å². The predicted molar refractivity (Wildman–Crippen MR) is 78.8 cm³/mol. The van der Waals surface area contributed by atoms with E-state index in [0.717, 1.165) is 17.2 Å². The van der Waals surface area contributed by atoms with Crippen molar-refractivity contribution in [1.82, 2.24) is 14.1 Å². The minimum Gasteiger partial charge on any atom is -0.373 e. The molecule has 0 spiro atoms. The molecule has 0 atom stereocenters. The Balaban J connectivity index is 2.11. The molecule has 0 aliphatic carbocycles. The summed E-state index contributed by atoms with van der Waals surface area (Å²) in [5.41, 5.74) is 1.86. The van der Waals surface area contributed by atoms with E-state index < -0.39 is 0 Å². The molecule has 1 heterocycles. The molecule has 2 N–H and O–H groups in total.